The van der Waals surface area contributed by atoms with Gasteiger partial charge in [0.2, 0.25) is 6.79 Å². The highest BCUT2D eigenvalue weighted by Crippen LogP contribution is 2.35. The first-order valence-corrected chi connectivity index (χ1v) is 12.9. The fourth-order valence-electron chi connectivity index (χ4n) is 4.24. The van der Waals surface area contributed by atoms with Crippen molar-refractivity contribution in [2.24, 2.45) is 0 Å². The second-order valence-electron chi connectivity index (χ2n) is 8.58. The number of ether oxygens (including phenoxy) is 2. The van der Waals surface area contributed by atoms with Gasteiger partial charge >= 0.3 is 6.18 Å². The van der Waals surface area contributed by atoms with Crippen molar-refractivity contribution in [3.05, 3.63) is 71.8 Å². The van der Waals surface area contributed by atoms with E-state index in [1.165, 1.54) is 18.2 Å². The summed E-state index contributed by atoms with van der Waals surface area (Å²) >= 11 is 0. The van der Waals surface area contributed by atoms with Gasteiger partial charge in [0.15, 0.2) is 11.5 Å². The quantitative estimate of drug-likeness (QED) is 0.459. The van der Waals surface area contributed by atoms with E-state index in [0.717, 1.165) is 31.0 Å². The molecule has 12 heteroatoms. The molecular weight excluding hydrogens is 511 g/mol. The molecule has 37 heavy (non-hydrogen) atoms. The number of benzene rings is 3. The summed E-state index contributed by atoms with van der Waals surface area (Å²) in [5, 5.41) is 2.68. The first-order valence-electron chi connectivity index (χ1n) is 11.4. The summed E-state index contributed by atoms with van der Waals surface area (Å²) in [5.74, 6) is 0.438. The van der Waals surface area contributed by atoms with Crippen LogP contribution in [0.3, 0.4) is 0 Å². The van der Waals surface area contributed by atoms with Gasteiger partial charge in [0.05, 0.1) is 11.3 Å². The van der Waals surface area contributed by atoms with E-state index in [1.807, 2.05) is 4.90 Å². The zero-order valence-electron chi connectivity index (χ0n) is 19.3. The van der Waals surface area contributed by atoms with E-state index in [-0.39, 0.29) is 28.6 Å². The summed E-state index contributed by atoms with van der Waals surface area (Å²) in [6, 6.07) is 13.1. The first-order chi connectivity index (χ1) is 17.6. The van der Waals surface area contributed by atoms with Crippen molar-refractivity contribution in [1.29, 1.82) is 0 Å². The largest absolute Gasteiger partial charge is 0.454 e. The third-order valence-electron chi connectivity index (χ3n) is 6.03. The van der Waals surface area contributed by atoms with Gasteiger partial charge in [-0.05, 0) is 67.4 Å². The van der Waals surface area contributed by atoms with Crippen LogP contribution in [-0.2, 0) is 16.2 Å². The molecule has 1 amide bonds. The highest BCUT2D eigenvalue weighted by Gasteiger charge is 2.31. The van der Waals surface area contributed by atoms with Crippen molar-refractivity contribution in [2.45, 2.75) is 23.9 Å². The van der Waals surface area contributed by atoms with Gasteiger partial charge < -0.3 is 19.7 Å². The summed E-state index contributed by atoms with van der Waals surface area (Å²) in [6.07, 6.45) is -2.87. The Hall–Kier alpha value is -3.93. The van der Waals surface area contributed by atoms with E-state index in [4.69, 9.17) is 9.47 Å². The first kappa shape index (κ1) is 24.8. The minimum atomic E-state index is -4.62. The SMILES string of the molecule is O=C(Nc1ccc(N2CCCC2)c(S(=O)(=O)Nc2cccc(C(F)(F)F)c2)c1)c1ccc2c(c1)OCO2. The van der Waals surface area contributed by atoms with E-state index in [2.05, 4.69) is 10.0 Å². The number of carbonyl (C=O) groups is 1. The van der Waals surface area contributed by atoms with Crippen LogP contribution in [0.15, 0.2) is 65.6 Å². The fourth-order valence-corrected chi connectivity index (χ4v) is 5.54. The van der Waals surface area contributed by atoms with E-state index in [1.54, 1.807) is 24.3 Å². The molecule has 0 saturated carbocycles. The average molecular weight is 534 g/mol. The van der Waals surface area contributed by atoms with Crippen LogP contribution in [0.2, 0.25) is 0 Å². The number of anilines is 3. The van der Waals surface area contributed by atoms with E-state index in [0.29, 0.717) is 30.3 Å². The number of sulfonamides is 1. The van der Waals surface area contributed by atoms with Gasteiger partial charge in [-0.2, -0.15) is 13.2 Å². The van der Waals surface area contributed by atoms with Crippen molar-refractivity contribution in [3.63, 3.8) is 0 Å². The molecule has 0 spiro atoms. The second-order valence-corrected chi connectivity index (χ2v) is 10.2. The molecule has 0 radical (unpaired) electrons. The number of amides is 1. The predicted octanol–water partition coefficient (Wildman–Crippen LogP) is 5.09. The lowest BCUT2D eigenvalue weighted by atomic mass is 10.2. The van der Waals surface area contributed by atoms with Crippen molar-refractivity contribution >= 4 is 33.0 Å². The lowest BCUT2D eigenvalue weighted by Crippen LogP contribution is -2.23. The molecule has 2 aliphatic rings. The molecule has 3 aromatic rings. The molecule has 1 fully saturated rings. The minimum Gasteiger partial charge on any atom is -0.454 e. The predicted molar refractivity (Wildman–Crippen MR) is 131 cm³/mol. The van der Waals surface area contributed by atoms with Crippen LogP contribution >= 0.6 is 0 Å². The van der Waals surface area contributed by atoms with Crippen LogP contribution in [0.5, 0.6) is 11.5 Å². The molecule has 2 N–H and O–H groups in total. The summed E-state index contributed by atoms with van der Waals surface area (Å²) in [6.45, 7) is 1.32. The molecule has 194 valence electrons. The number of halogens is 3. The molecule has 0 aromatic heterocycles. The van der Waals surface area contributed by atoms with Gasteiger partial charge in [-0.3, -0.25) is 9.52 Å². The number of alkyl halides is 3. The normalized spacial score (nSPS) is 15.1. The molecule has 2 aliphatic heterocycles. The Kier molecular flexibility index (Phi) is 6.36. The standard InChI is InChI=1S/C25H22F3N3O5S/c26-25(27,28)17-4-3-5-19(13-17)30-37(33,34)23-14-18(7-8-20(23)31-10-1-2-11-31)29-24(32)16-6-9-21-22(12-16)36-15-35-21/h3-9,12-14,30H,1-2,10-11,15H2,(H,29,32). The van der Waals surface area contributed by atoms with Gasteiger partial charge in [-0.25, -0.2) is 8.42 Å². The van der Waals surface area contributed by atoms with Crippen molar-refractivity contribution in [2.75, 3.05) is 34.8 Å². The highest BCUT2D eigenvalue weighted by molar-refractivity contribution is 7.92. The minimum absolute atomic E-state index is 0.0540. The van der Waals surface area contributed by atoms with Crippen LogP contribution in [0.1, 0.15) is 28.8 Å². The number of rotatable bonds is 6. The molecule has 0 aliphatic carbocycles. The van der Waals surface area contributed by atoms with Gasteiger partial charge in [0.25, 0.3) is 15.9 Å². The van der Waals surface area contributed by atoms with Crippen molar-refractivity contribution in [3.8, 4) is 11.5 Å². The third kappa shape index (κ3) is 5.29. The fraction of sp³-hybridized carbons (Fsp3) is 0.240. The molecule has 0 bridgehead atoms. The smallest absolute Gasteiger partial charge is 0.416 e. The molecule has 3 aromatic carbocycles. The maximum atomic E-state index is 13.4. The van der Waals surface area contributed by atoms with Crippen LogP contribution in [0, 0.1) is 0 Å². The maximum absolute atomic E-state index is 13.4. The number of fused-ring (bicyclic) bond motifs is 1. The average Bonchev–Trinajstić information content (AvgIpc) is 3.55. The lowest BCUT2D eigenvalue weighted by Gasteiger charge is -2.22. The second kappa shape index (κ2) is 9.51. The molecular formula is C25H22F3N3O5S. The van der Waals surface area contributed by atoms with Crippen molar-refractivity contribution in [1.82, 2.24) is 0 Å². The number of nitrogens with one attached hydrogen (secondary N) is 2. The van der Waals surface area contributed by atoms with Gasteiger partial charge in [0.1, 0.15) is 4.90 Å². The highest BCUT2D eigenvalue weighted by atomic mass is 32.2. The summed E-state index contributed by atoms with van der Waals surface area (Å²) in [5.41, 5.74) is -0.318. The zero-order valence-corrected chi connectivity index (χ0v) is 20.2. The van der Waals surface area contributed by atoms with Crippen LogP contribution in [-0.4, -0.2) is 34.2 Å². The topological polar surface area (TPSA) is 97.0 Å². The Morgan fingerprint density at radius 3 is 2.41 bits per heavy atom. The maximum Gasteiger partial charge on any atom is 0.416 e. The Morgan fingerprint density at radius 1 is 0.892 bits per heavy atom. The summed E-state index contributed by atoms with van der Waals surface area (Å²) < 4.78 is 79.0. The Bertz CT molecular complexity index is 1450. The molecule has 8 nitrogen and oxygen atoms in total. The van der Waals surface area contributed by atoms with Crippen LogP contribution < -0.4 is 24.4 Å². The van der Waals surface area contributed by atoms with Crippen LogP contribution in [0.25, 0.3) is 0 Å². The van der Waals surface area contributed by atoms with Crippen LogP contribution in [0.4, 0.5) is 30.2 Å². The number of carbonyl (C=O) groups excluding carboxylic acids is 1. The molecule has 0 unspecified atom stereocenters. The zero-order chi connectivity index (χ0) is 26.2. The van der Waals surface area contributed by atoms with E-state index in [9.17, 15) is 26.4 Å². The summed E-state index contributed by atoms with van der Waals surface area (Å²) in [4.78, 5) is 14.6. The monoisotopic (exact) mass is 533 g/mol. The van der Waals surface area contributed by atoms with E-state index < -0.39 is 27.7 Å². The molecule has 1 saturated heterocycles. The number of hydrogen-bond acceptors (Lipinski definition) is 6. The molecule has 2 heterocycles. The summed E-state index contributed by atoms with van der Waals surface area (Å²) in [7, 11) is -4.32. The Morgan fingerprint density at radius 2 is 1.65 bits per heavy atom. The van der Waals surface area contributed by atoms with Gasteiger partial charge in [0, 0.05) is 30.0 Å². The lowest BCUT2D eigenvalue weighted by molar-refractivity contribution is -0.137. The van der Waals surface area contributed by atoms with Gasteiger partial charge in [-0.15, -0.1) is 0 Å². The number of nitrogens with zero attached hydrogens (tertiary/aromatic N) is 1. The van der Waals surface area contributed by atoms with E-state index >= 15 is 0 Å². The van der Waals surface area contributed by atoms with Crippen molar-refractivity contribution < 1.29 is 35.9 Å². The number of hydrogen-bond donors (Lipinski definition) is 2. The molecule has 0 atom stereocenters. The Balaban J connectivity index is 1.46. The Labute approximate surface area is 211 Å². The third-order valence-corrected chi connectivity index (χ3v) is 7.44. The van der Waals surface area contributed by atoms with Gasteiger partial charge in [-0.1, -0.05) is 6.07 Å². The molecule has 5 rings (SSSR count).